The number of hydrogen-bond donors (Lipinski definition) is 1. The molecule has 2 aromatic carbocycles. The van der Waals surface area contributed by atoms with E-state index in [1.807, 2.05) is 0 Å². The van der Waals surface area contributed by atoms with E-state index in [9.17, 15) is 9.59 Å². The van der Waals surface area contributed by atoms with E-state index in [1.54, 1.807) is 4.90 Å². The molecule has 0 unspecified atom stereocenters. The van der Waals surface area contributed by atoms with Gasteiger partial charge in [0.1, 0.15) is 0 Å². The first-order chi connectivity index (χ1) is 13.8. The molecule has 142 valence electrons. The van der Waals surface area contributed by atoms with E-state index in [0.29, 0.717) is 6.67 Å². The third-order valence-electron chi connectivity index (χ3n) is 7.48. The zero-order valence-corrected chi connectivity index (χ0v) is 15.9. The van der Waals surface area contributed by atoms with Crippen molar-refractivity contribution in [1.82, 2.24) is 4.90 Å². The molecular weight excluding hydrogens is 348 g/mol. The van der Waals surface area contributed by atoms with Crippen LogP contribution in [0.2, 0.25) is 0 Å². The van der Waals surface area contributed by atoms with E-state index < -0.39 is 0 Å². The molecule has 2 saturated heterocycles. The second-order valence-electron chi connectivity index (χ2n) is 8.84. The number of rotatable bonds is 2. The maximum absolute atomic E-state index is 13.5. The lowest BCUT2D eigenvalue weighted by atomic mass is 9.55. The van der Waals surface area contributed by atoms with Crippen LogP contribution in [0.1, 0.15) is 53.4 Å². The molecule has 0 radical (unpaired) electrons. The van der Waals surface area contributed by atoms with E-state index in [0.717, 1.165) is 13.1 Å². The molecule has 7 rings (SSSR count). The monoisotopic (exact) mass is 373 g/mol. The maximum Gasteiger partial charge on any atom is 0.238 e. The summed E-state index contributed by atoms with van der Waals surface area (Å²) < 4.78 is 0. The number of likely N-dealkylation sites (tertiary alicyclic amines) is 2. The number of carbonyl (C=O) groups excluding carboxylic acids is 2. The lowest BCUT2D eigenvalue weighted by Gasteiger charge is -2.45. The van der Waals surface area contributed by atoms with E-state index in [2.05, 4.69) is 48.5 Å². The van der Waals surface area contributed by atoms with Gasteiger partial charge < -0.3 is 4.90 Å². The molecule has 2 fully saturated rings. The summed E-state index contributed by atoms with van der Waals surface area (Å²) >= 11 is 0. The normalized spacial score (nSPS) is 30.9. The average molecular weight is 373 g/mol. The van der Waals surface area contributed by atoms with Crippen molar-refractivity contribution in [1.29, 1.82) is 0 Å². The molecule has 28 heavy (non-hydrogen) atoms. The minimum atomic E-state index is -0.230. The summed E-state index contributed by atoms with van der Waals surface area (Å²) in [6, 6.07) is 16.9. The Labute approximate surface area is 165 Å². The van der Waals surface area contributed by atoms with E-state index in [-0.39, 0.29) is 35.5 Å². The molecular formula is C24H25N2O2+. The zero-order chi connectivity index (χ0) is 18.8. The van der Waals surface area contributed by atoms with Crippen molar-refractivity contribution < 1.29 is 14.5 Å². The van der Waals surface area contributed by atoms with Crippen molar-refractivity contribution in [2.75, 3.05) is 19.8 Å². The number of imide groups is 1. The molecule has 2 amide bonds. The first-order valence-electron chi connectivity index (χ1n) is 10.6. The number of nitrogens with zero attached hydrogens (tertiary/aromatic N) is 1. The second-order valence-corrected chi connectivity index (χ2v) is 8.84. The molecule has 0 saturated carbocycles. The van der Waals surface area contributed by atoms with Gasteiger partial charge in [-0.05, 0) is 41.5 Å². The van der Waals surface area contributed by atoms with Crippen LogP contribution in [0.3, 0.4) is 0 Å². The molecule has 5 aliphatic rings. The van der Waals surface area contributed by atoms with Gasteiger partial charge in [-0.2, -0.15) is 0 Å². The molecule has 0 aromatic heterocycles. The van der Waals surface area contributed by atoms with Crippen molar-refractivity contribution in [2.24, 2.45) is 11.8 Å². The Balaban J connectivity index is 1.45. The topological polar surface area (TPSA) is 41.8 Å². The zero-order valence-electron chi connectivity index (χ0n) is 15.9. The minimum absolute atomic E-state index is 0.0141. The third-order valence-corrected chi connectivity index (χ3v) is 7.48. The molecule has 2 aliphatic heterocycles. The smallest absolute Gasteiger partial charge is 0.238 e. The standard InChI is InChI=1S/C24H24N2O2/c27-23-21-19-15-8-2-3-9-16(15)20(18-11-5-4-10-17(18)19)22(21)24(28)26(23)14-25-12-6-1-7-13-25/h2-5,8-11,19-22H,1,6-7,12-14H2/p+1/t19?,20?,21-,22-/m0/s1. The van der Waals surface area contributed by atoms with Crippen molar-refractivity contribution in [2.45, 2.75) is 31.1 Å². The van der Waals surface area contributed by atoms with Crippen LogP contribution >= 0.6 is 0 Å². The van der Waals surface area contributed by atoms with Gasteiger partial charge >= 0.3 is 0 Å². The van der Waals surface area contributed by atoms with Gasteiger partial charge in [0.15, 0.2) is 6.67 Å². The molecule has 2 heterocycles. The summed E-state index contributed by atoms with van der Waals surface area (Å²) in [6.45, 7) is 2.69. The Morgan fingerprint density at radius 1 is 0.714 bits per heavy atom. The number of nitrogens with one attached hydrogen (secondary N) is 1. The molecule has 4 heteroatoms. The summed E-state index contributed by atoms with van der Waals surface area (Å²) in [6.07, 6.45) is 3.66. The average Bonchev–Trinajstić information content (AvgIpc) is 3.00. The Bertz CT molecular complexity index is 863. The number of piperidine rings is 1. The van der Waals surface area contributed by atoms with Crippen LogP contribution in [0.4, 0.5) is 0 Å². The predicted molar refractivity (Wildman–Crippen MR) is 105 cm³/mol. The summed E-state index contributed by atoms with van der Waals surface area (Å²) in [5, 5.41) is 0. The highest BCUT2D eigenvalue weighted by Gasteiger charge is 2.61. The van der Waals surface area contributed by atoms with Crippen LogP contribution in [-0.2, 0) is 9.59 Å². The van der Waals surface area contributed by atoms with E-state index in [1.165, 1.54) is 46.4 Å². The van der Waals surface area contributed by atoms with E-state index >= 15 is 0 Å². The Hall–Kier alpha value is -2.46. The first kappa shape index (κ1) is 16.5. The quantitative estimate of drug-likeness (QED) is 0.817. The number of quaternary nitrogens is 1. The maximum atomic E-state index is 13.5. The number of benzene rings is 2. The van der Waals surface area contributed by atoms with Crippen LogP contribution in [0, 0.1) is 11.8 Å². The largest absolute Gasteiger partial charge is 0.317 e. The highest BCUT2D eigenvalue weighted by atomic mass is 16.2. The Morgan fingerprint density at radius 2 is 1.14 bits per heavy atom. The Morgan fingerprint density at radius 3 is 1.57 bits per heavy atom. The highest BCUT2D eigenvalue weighted by molar-refractivity contribution is 6.07. The predicted octanol–water partition coefficient (Wildman–Crippen LogP) is 1.90. The molecule has 3 aliphatic carbocycles. The molecule has 2 atom stereocenters. The first-order valence-corrected chi connectivity index (χ1v) is 10.6. The molecule has 0 spiro atoms. The SMILES string of the molecule is O=C1[C@H]2C3c4ccccc4C(c4ccccc43)[C@@H]2C(=O)N1C[NH+]1CCCCC1. The van der Waals surface area contributed by atoms with Crippen molar-refractivity contribution in [3.63, 3.8) is 0 Å². The van der Waals surface area contributed by atoms with Crippen LogP contribution in [0.5, 0.6) is 0 Å². The highest BCUT2D eigenvalue weighted by Crippen LogP contribution is 2.60. The van der Waals surface area contributed by atoms with Gasteiger partial charge in [-0.25, -0.2) is 4.90 Å². The van der Waals surface area contributed by atoms with Gasteiger partial charge in [0.05, 0.1) is 24.9 Å². The number of carbonyl (C=O) groups is 2. The fraction of sp³-hybridized carbons (Fsp3) is 0.417. The lowest BCUT2D eigenvalue weighted by Crippen LogP contribution is -3.14. The van der Waals surface area contributed by atoms with Crippen molar-refractivity contribution in [3.8, 4) is 0 Å². The fourth-order valence-electron chi connectivity index (χ4n) is 6.33. The summed E-state index contributed by atoms with van der Waals surface area (Å²) in [5.74, 6) is -0.308. The summed E-state index contributed by atoms with van der Waals surface area (Å²) in [7, 11) is 0. The van der Waals surface area contributed by atoms with Gasteiger partial charge in [0, 0.05) is 11.8 Å². The summed E-state index contributed by atoms with van der Waals surface area (Å²) in [4.78, 5) is 30.1. The molecule has 2 aromatic rings. The Kier molecular flexibility index (Phi) is 3.54. The van der Waals surface area contributed by atoms with Gasteiger partial charge in [-0.15, -0.1) is 0 Å². The number of amides is 2. The van der Waals surface area contributed by atoms with Gasteiger partial charge in [-0.1, -0.05) is 48.5 Å². The third kappa shape index (κ3) is 2.10. The van der Waals surface area contributed by atoms with Gasteiger partial charge in [0.25, 0.3) is 0 Å². The second kappa shape index (κ2) is 6.02. The molecule has 1 N–H and O–H groups in total. The summed E-state index contributed by atoms with van der Waals surface area (Å²) in [5.41, 5.74) is 5.00. The van der Waals surface area contributed by atoms with Crippen molar-refractivity contribution in [3.05, 3.63) is 70.8 Å². The van der Waals surface area contributed by atoms with Crippen LogP contribution in [0.15, 0.2) is 48.5 Å². The van der Waals surface area contributed by atoms with E-state index in [4.69, 9.17) is 0 Å². The number of hydrogen-bond acceptors (Lipinski definition) is 2. The van der Waals surface area contributed by atoms with Crippen LogP contribution in [0.25, 0.3) is 0 Å². The molecule has 4 nitrogen and oxygen atoms in total. The van der Waals surface area contributed by atoms with Gasteiger partial charge in [0.2, 0.25) is 11.8 Å². The van der Waals surface area contributed by atoms with Crippen molar-refractivity contribution >= 4 is 11.8 Å². The van der Waals surface area contributed by atoms with Crippen LogP contribution in [-0.4, -0.2) is 36.5 Å². The van der Waals surface area contributed by atoms with Gasteiger partial charge in [-0.3, -0.25) is 9.59 Å². The fourth-order valence-corrected chi connectivity index (χ4v) is 6.33. The van der Waals surface area contributed by atoms with Crippen LogP contribution < -0.4 is 4.90 Å². The molecule has 2 bridgehead atoms. The minimum Gasteiger partial charge on any atom is -0.317 e. The lowest BCUT2D eigenvalue weighted by molar-refractivity contribution is -0.912.